The van der Waals surface area contributed by atoms with Crippen molar-refractivity contribution in [1.29, 1.82) is 0 Å². The van der Waals surface area contributed by atoms with Gasteiger partial charge in [-0.05, 0) is 43.7 Å². The summed E-state index contributed by atoms with van der Waals surface area (Å²) < 4.78 is 37.4. The maximum absolute atomic E-state index is 13.2. The van der Waals surface area contributed by atoms with Gasteiger partial charge in [0.25, 0.3) is 0 Å². The van der Waals surface area contributed by atoms with Gasteiger partial charge in [-0.15, -0.1) is 0 Å². The lowest BCUT2D eigenvalue weighted by Gasteiger charge is -2.16. The van der Waals surface area contributed by atoms with E-state index in [2.05, 4.69) is 5.32 Å². The molecule has 1 aromatic carbocycles. The Kier molecular flexibility index (Phi) is 3.23. The zero-order valence-electron chi connectivity index (χ0n) is 9.90. The van der Waals surface area contributed by atoms with E-state index in [0.29, 0.717) is 5.56 Å². The molecule has 17 heavy (non-hydrogen) atoms. The van der Waals surface area contributed by atoms with Crippen LogP contribution in [0.1, 0.15) is 31.9 Å². The molecule has 0 saturated heterocycles. The van der Waals surface area contributed by atoms with Crippen molar-refractivity contribution in [1.82, 2.24) is 5.32 Å². The third kappa shape index (κ3) is 1.98. The molecule has 2 unspecified atom stereocenters. The fourth-order valence-electron chi connectivity index (χ4n) is 2.23. The minimum Gasteiger partial charge on any atom is -0.309 e. The van der Waals surface area contributed by atoms with E-state index < -0.39 is 20.9 Å². The van der Waals surface area contributed by atoms with Crippen LogP contribution in [0, 0.1) is 5.82 Å². The summed E-state index contributed by atoms with van der Waals surface area (Å²) in [7, 11) is -3.31. The molecule has 1 aromatic rings. The normalized spacial score (nSPS) is 25.8. The van der Waals surface area contributed by atoms with Crippen molar-refractivity contribution in [2.24, 2.45) is 0 Å². The highest BCUT2D eigenvalue weighted by Gasteiger charge is 2.41. The van der Waals surface area contributed by atoms with Crippen LogP contribution in [0.5, 0.6) is 0 Å². The average Bonchev–Trinajstić information content (AvgIpc) is 2.45. The number of nitrogens with one attached hydrogen (secondary N) is 1. The summed E-state index contributed by atoms with van der Waals surface area (Å²) in [4.78, 5) is 0.264. The van der Waals surface area contributed by atoms with Gasteiger partial charge in [0.2, 0.25) is 0 Å². The molecule has 94 valence electrons. The second-order valence-corrected chi connectivity index (χ2v) is 6.64. The molecule has 0 aromatic heterocycles. The molecule has 0 aliphatic carbocycles. The van der Waals surface area contributed by atoms with Crippen LogP contribution in [0.3, 0.4) is 0 Å². The highest BCUT2D eigenvalue weighted by atomic mass is 32.2. The van der Waals surface area contributed by atoms with E-state index in [9.17, 15) is 12.8 Å². The molecule has 1 aliphatic rings. The molecule has 0 amide bonds. The Hall–Kier alpha value is -0.940. The largest absolute Gasteiger partial charge is 0.309 e. The quantitative estimate of drug-likeness (QED) is 0.843. The molecule has 5 heteroatoms. The predicted molar refractivity (Wildman–Crippen MR) is 64.1 cm³/mol. The summed E-state index contributed by atoms with van der Waals surface area (Å²) in [6.07, 6.45) is 0.911. The van der Waals surface area contributed by atoms with E-state index in [1.807, 2.05) is 6.92 Å². The van der Waals surface area contributed by atoms with Crippen LogP contribution in [0.2, 0.25) is 0 Å². The molecule has 3 nitrogen and oxygen atoms in total. The number of halogens is 1. The van der Waals surface area contributed by atoms with Gasteiger partial charge < -0.3 is 5.32 Å². The Morgan fingerprint density at radius 2 is 2.12 bits per heavy atom. The van der Waals surface area contributed by atoms with Crippen molar-refractivity contribution in [3.8, 4) is 0 Å². The maximum Gasteiger partial charge on any atom is 0.183 e. The van der Waals surface area contributed by atoms with Gasteiger partial charge in [0.05, 0.1) is 16.2 Å². The number of fused-ring (bicyclic) bond motifs is 1. The Labute approximate surface area is 101 Å². The standard InChI is InChI=1S/C12H16FNO2S/c1-3-6-14-12-8(2)17(15,16)11-5-4-9(13)7-10(11)12/h4-5,7-8,12,14H,3,6H2,1-2H3. The van der Waals surface area contributed by atoms with Crippen molar-refractivity contribution in [2.45, 2.75) is 36.5 Å². The lowest BCUT2D eigenvalue weighted by atomic mass is 10.0. The van der Waals surface area contributed by atoms with Gasteiger partial charge in [-0.3, -0.25) is 0 Å². The van der Waals surface area contributed by atoms with Crippen molar-refractivity contribution in [2.75, 3.05) is 6.54 Å². The molecule has 2 rings (SSSR count). The summed E-state index contributed by atoms with van der Waals surface area (Å²) in [6, 6.07) is 3.59. The smallest absolute Gasteiger partial charge is 0.183 e. The molecule has 1 aliphatic heterocycles. The topological polar surface area (TPSA) is 46.2 Å². The van der Waals surface area contributed by atoms with Crippen LogP contribution in [0.15, 0.2) is 23.1 Å². The van der Waals surface area contributed by atoms with Crippen molar-refractivity contribution in [3.63, 3.8) is 0 Å². The average molecular weight is 257 g/mol. The lowest BCUT2D eigenvalue weighted by molar-refractivity contribution is 0.512. The van der Waals surface area contributed by atoms with Crippen LogP contribution in [0.25, 0.3) is 0 Å². The summed E-state index contributed by atoms with van der Waals surface area (Å²) in [6.45, 7) is 4.40. The van der Waals surface area contributed by atoms with E-state index in [0.717, 1.165) is 13.0 Å². The SMILES string of the molecule is CCCNC1c2cc(F)ccc2S(=O)(=O)C1C. The van der Waals surface area contributed by atoms with Crippen LogP contribution >= 0.6 is 0 Å². The first-order chi connectivity index (χ1) is 7.98. The van der Waals surface area contributed by atoms with Gasteiger partial charge in [0, 0.05) is 0 Å². The monoisotopic (exact) mass is 257 g/mol. The number of sulfone groups is 1. The Bertz CT molecular complexity index is 527. The van der Waals surface area contributed by atoms with Crippen molar-refractivity contribution < 1.29 is 12.8 Å². The predicted octanol–water partition coefficient (Wildman–Crippen LogP) is 2.04. The maximum atomic E-state index is 13.2. The third-order valence-corrected chi connectivity index (χ3v) is 5.42. The Morgan fingerprint density at radius 3 is 2.76 bits per heavy atom. The molecule has 0 spiro atoms. The molecule has 0 radical (unpaired) electrons. The number of rotatable bonds is 3. The zero-order chi connectivity index (χ0) is 12.6. The summed E-state index contributed by atoms with van der Waals surface area (Å²) in [5.41, 5.74) is 0.561. The van der Waals surface area contributed by atoms with Crippen LogP contribution < -0.4 is 5.32 Å². The van der Waals surface area contributed by atoms with Crippen molar-refractivity contribution >= 4 is 9.84 Å². The van der Waals surface area contributed by atoms with E-state index in [4.69, 9.17) is 0 Å². The highest BCUT2D eigenvalue weighted by Crippen LogP contribution is 2.39. The molecular weight excluding hydrogens is 241 g/mol. The second-order valence-electron chi connectivity index (χ2n) is 4.36. The van der Waals surface area contributed by atoms with Crippen molar-refractivity contribution in [3.05, 3.63) is 29.6 Å². The molecule has 0 bridgehead atoms. The first kappa shape index (κ1) is 12.5. The van der Waals surface area contributed by atoms with Crippen LogP contribution in [0.4, 0.5) is 4.39 Å². The first-order valence-electron chi connectivity index (χ1n) is 5.75. The van der Waals surface area contributed by atoms with Crippen LogP contribution in [-0.4, -0.2) is 20.2 Å². The zero-order valence-corrected chi connectivity index (χ0v) is 10.7. The second kappa shape index (κ2) is 4.38. The fourth-order valence-corrected chi connectivity index (χ4v) is 4.00. The summed E-state index contributed by atoms with van der Waals surface area (Å²) in [5, 5.41) is 2.64. The van der Waals surface area contributed by atoms with Gasteiger partial charge in [-0.25, -0.2) is 12.8 Å². The molecule has 2 atom stereocenters. The van der Waals surface area contributed by atoms with Gasteiger partial charge in [-0.2, -0.15) is 0 Å². The molecular formula is C12H16FNO2S. The molecule has 0 fully saturated rings. The van der Waals surface area contributed by atoms with E-state index >= 15 is 0 Å². The molecule has 1 heterocycles. The van der Waals surface area contributed by atoms with E-state index in [1.54, 1.807) is 6.92 Å². The highest BCUT2D eigenvalue weighted by molar-refractivity contribution is 7.92. The minimum absolute atomic E-state index is 0.264. The van der Waals surface area contributed by atoms with E-state index in [1.165, 1.54) is 18.2 Å². The van der Waals surface area contributed by atoms with Gasteiger partial charge in [0.1, 0.15) is 5.82 Å². The third-order valence-electron chi connectivity index (χ3n) is 3.19. The molecule has 0 saturated carbocycles. The number of hydrogen-bond donors (Lipinski definition) is 1. The van der Waals surface area contributed by atoms with Gasteiger partial charge in [-0.1, -0.05) is 6.92 Å². The van der Waals surface area contributed by atoms with Gasteiger partial charge >= 0.3 is 0 Å². The number of benzene rings is 1. The van der Waals surface area contributed by atoms with Gasteiger partial charge in [0.15, 0.2) is 9.84 Å². The Morgan fingerprint density at radius 1 is 1.41 bits per heavy atom. The summed E-state index contributed by atoms with van der Waals surface area (Å²) in [5.74, 6) is -0.392. The first-order valence-corrected chi connectivity index (χ1v) is 7.30. The fraction of sp³-hybridized carbons (Fsp3) is 0.500. The molecule has 1 N–H and O–H groups in total. The minimum atomic E-state index is -3.31. The van der Waals surface area contributed by atoms with Crippen LogP contribution in [-0.2, 0) is 9.84 Å². The lowest BCUT2D eigenvalue weighted by Crippen LogP contribution is -2.30. The Balaban J connectivity index is 2.48. The number of hydrogen-bond acceptors (Lipinski definition) is 3. The summed E-state index contributed by atoms with van der Waals surface area (Å²) >= 11 is 0. The van der Waals surface area contributed by atoms with E-state index in [-0.39, 0.29) is 10.9 Å².